The van der Waals surface area contributed by atoms with Crippen LogP contribution < -0.4 is 0 Å². The Hall–Kier alpha value is -2.43. The predicted octanol–water partition coefficient (Wildman–Crippen LogP) is 3.27. The Kier molecular flexibility index (Phi) is 4.03. The Labute approximate surface area is 141 Å². The minimum atomic E-state index is -1.01. The summed E-state index contributed by atoms with van der Waals surface area (Å²) in [6.07, 6.45) is 2.19. The molecular weight excluding hydrogens is 304 g/mol. The molecule has 0 saturated heterocycles. The van der Waals surface area contributed by atoms with Crippen LogP contribution >= 0.6 is 0 Å². The van der Waals surface area contributed by atoms with Gasteiger partial charge in [0.2, 0.25) is 0 Å². The maximum absolute atomic E-state index is 13.0. The molecule has 0 spiro atoms. The molecule has 2 aromatic rings. The van der Waals surface area contributed by atoms with Crippen molar-refractivity contribution in [3.8, 4) is 0 Å². The number of carbonyl (C=O) groups excluding carboxylic acids is 1. The number of aliphatic carboxylic acids is 1. The number of carboxylic acids is 1. The standard InChI is InChI=1S/C19H22N2O3/c1-10-7-11(2)17-14(8-10)15(9-16(20-17)13-5-6-13)18(22)21(4)12(3)19(23)24/h7-9,12-13H,5-6H2,1-4H3,(H,23,24). The Balaban J connectivity index is 2.18. The van der Waals surface area contributed by atoms with Crippen molar-refractivity contribution in [3.05, 3.63) is 40.6 Å². The van der Waals surface area contributed by atoms with E-state index in [9.17, 15) is 14.7 Å². The molecular formula is C19H22N2O3. The number of rotatable bonds is 4. The monoisotopic (exact) mass is 326 g/mol. The van der Waals surface area contributed by atoms with Crippen molar-refractivity contribution in [3.63, 3.8) is 0 Å². The maximum atomic E-state index is 13.0. The Morgan fingerprint density at radius 2 is 1.92 bits per heavy atom. The summed E-state index contributed by atoms with van der Waals surface area (Å²) in [5.41, 5.74) is 4.42. The molecule has 5 nitrogen and oxygen atoms in total. The molecule has 0 aliphatic heterocycles. The van der Waals surface area contributed by atoms with E-state index in [2.05, 4.69) is 6.07 Å². The molecule has 5 heteroatoms. The summed E-state index contributed by atoms with van der Waals surface area (Å²) in [4.78, 5) is 30.2. The van der Waals surface area contributed by atoms with Gasteiger partial charge in [-0.15, -0.1) is 0 Å². The summed E-state index contributed by atoms with van der Waals surface area (Å²) < 4.78 is 0. The first-order chi connectivity index (χ1) is 11.3. The fraction of sp³-hybridized carbons (Fsp3) is 0.421. The van der Waals surface area contributed by atoms with Crippen LogP contribution in [0, 0.1) is 13.8 Å². The van der Waals surface area contributed by atoms with Crippen molar-refractivity contribution in [1.82, 2.24) is 9.88 Å². The summed E-state index contributed by atoms with van der Waals surface area (Å²) >= 11 is 0. The third-order valence-electron chi connectivity index (χ3n) is 4.75. The lowest BCUT2D eigenvalue weighted by molar-refractivity contribution is -0.141. The van der Waals surface area contributed by atoms with Crippen molar-refractivity contribution in [2.75, 3.05) is 7.05 Å². The van der Waals surface area contributed by atoms with Crippen molar-refractivity contribution < 1.29 is 14.7 Å². The predicted molar refractivity (Wildman–Crippen MR) is 92.4 cm³/mol. The van der Waals surface area contributed by atoms with Crippen LogP contribution in [0.5, 0.6) is 0 Å². The maximum Gasteiger partial charge on any atom is 0.326 e. The molecule has 1 saturated carbocycles. The molecule has 1 aliphatic carbocycles. The van der Waals surface area contributed by atoms with Gasteiger partial charge in [-0.2, -0.15) is 0 Å². The molecule has 0 radical (unpaired) electrons. The Morgan fingerprint density at radius 1 is 1.25 bits per heavy atom. The normalized spacial score (nSPS) is 15.3. The first-order valence-electron chi connectivity index (χ1n) is 8.21. The van der Waals surface area contributed by atoms with E-state index in [1.54, 1.807) is 0 Å². The van der Waals surface area contributed by atoms with Crippen molar-refractivity contribution in [1.29, 1.82) is 0 Å². The van der Waals surface area contributed by atoms with Gasteiger partial charge >= 0.3 is 5.97 Å². The van der Waals surface area contributed by atoms with E-state index in [0.717, 1.165) is 40.6 Å². The van der Waals surface area contributed by atoms with Gasteiger partial charge in [-0.05, 0) is 51.3 Å². The number of likely N-dealkylation sites (N-methyl/N-ethyl adjacent to an activating group) is 1. The number of carboxylic acid groups (broad SMARTS) is 1. The fourth-order valence-corrected chi connectivity index (χ4v) is 3.00. The largest absolute Gasteiger partial charge is 0.480 e. The highest BCUT2D eigenvalue weighted by Crippen LogP contribution is 2.40. The average Bonchev–Trinajstić information content (AvgIpc) is 3.36. The van der Waals surface area contributed by atoms with E-state index in [4.69, 9.17) is 4.98 Å². The zero-order valence-electron chi connectivity index (χ0n) is 14.5. The minimum absolute atomic E-state index is 0.274. The second-order valence-electron chi connectivity index (χ2n) is 6.78. The fourth-order valence-electron chi connectivity index (χ4n) is 3.00. The van der Waals surface area contributed by atoms with Gasteiger partial charge in [-0.25, -0.2) is 4.79 Å². The highest BCUT2D eigenvalue weighted by atomic mass is 16.4. The topological polar surface area (TPSA) is 70.5 Å². The number of nitrogens with zero attached hydrogens (tertiary/aromatic N) is 2. The number of aryl methyl sites for hydroxylation is 2. The first-order valence-corrected chi connectivity index (χ1v) is 8.21. The zero-order chi connectivity index (χ0) is 17.6. The smallest absolute Gasteiger partial charge is 0.326 e. The van der Waals surface area contributed by atoms with E-state index in [0.29, 0.717) is 11.5 Å². The van der Waals surface area contributed by atoms with E-state index < -0.39 is 12.0 Å². The van der Waals surface area contributed by atoms with Crippen LogP contribution in [0.1, 0.15) is 52.9 Å². The van der Waals surface area contributed by atoms with Gasteiger partial charge in [0, 0.05) is 24.0 Å². The van der Waals surface area contributed by atoms with Crippen LogP contribution in [0.25, 0.3) is 10.9 Å². The minimum Gasteiger partial charge on any atom is -0.480 e. The quantitative estimate of drug-likeness (QED) is 0.936. The molecule has 24 heavy (non-hydrogen) atoms. The summed E-state index contributed by atoms with van der Waals surface area (Å²) in [5.74, 6) is -0.868. The average molecular weight is 326 g/mol. The van der Waals surface area contributed by atoms with Gasteiger partial charge in [0.15, 0.2) is 0 Å². The molecule has 1 atom stereocenters. The summed E-state index contributed by atoms with van der Waals surface area (Å²) in [5, 5.41) is 9.99. The van der Waals surface area contributed by atoms with Crippen LogP contribution in [-0.2, 0) is 4.79 Å². The molecule has 1 unspecified atom stereocenters. The summed E-state index contributed by atoms with van der Waals surface area (Å²) in [6, 6.07) is 4.99. The van der Waals surface area contributed by atoms with Gasteiger partial charge in [-0.1, -0.05) is 11.6 Å². The molecule has 1 aromatic heterocycles. The lowest BCUT2D eigenvalue weighted by atomic mass is 9.99. The van der Waals surface area contributed by atoms with E-state index >= 15 is 0 Å². The number of fused-ring (bicyclic) bond motifs is 1. The number of aromatic nitrogens is 1. The molecule has 0 bridgehead atoms. The number of hydrogen-bond donors (Lipinski definition) is 1. The van der Waals surface area contributed by atoms with Gasteiger partial charge in [0.05, 0.1) is 11.1 Å². The van der Waals surface area contributed by atoms with Gasteiger partial charge in [0.25, 0.3) is 5.91 Å². The SMILES string of the molecule is Cc1cc(C)c2nc(C3CC3)cc(C(=O)N(C)C(C)C(=O)O)c2c1. The Bertz CT molecular complexity index is 840. The molecule has 1 heterocycles. The third-order valence-corrected chi connectivity index (χ3v) is 4.75. The molecule has 1 N–H and O–H groups in total. The number of carbonyl (C=O) groups is 2. The molecule has 1 fully saturated rings. The van der Waals surface area contributed by atoms with Gasteiger partial charge < -0.3 is 10.0 Å². The molecule has 3 rings (SSSR count). The van der Waals surface area contributed by atoms with Crippen molar-refractivity contribution >= 4 is 22.8 Å². The first kappa shape index (κ1) is 16.4. The number of hydrogen-bond acceptors (Lipinski definition) is 3. The second-order valence-corrected chi connectivity index (χ2v) is 6.78. The van der Waals surface area contributed by atoms with E-state index in [-0.39, 0.29) is 5.91 Å². The highest BCUT2D eigenvalue weighted by Gasteiger charge is 2.29. The summed E-state index contributed by atoms with van der Waals surface area (Å²) in [7, 11) is 1.53. The third kappa shape index (κ3) is 2.86. The van der Waals surface area contributed by atoms with Gasteiger partial charge in [0.1, 0.15) is 6.04 Å². The second kappa shape index (κ2) is 5.89. The van der Waals surface area contributed by atoms with Crippen LogP contribution in [0.4, 0.5) is 0 Å². The number of benzene rings is 1. The van der Waals surface area contributed by atoms with Crippen LogP contribution in [0.15, 0.2) is 18.2 Å². The van der Waals surface area contributed by atoms with E-state index in [1.165, 1.54) is 18.9 Å². The highest BCUT2D eigenvalue weighted by molar-refractivity contribution is 6.07. The Morgan fingerprint density at radius 3 is 2.50 bits per heavy atom. The lowest BCUT2D eigenvalue weighted by Crippen LogP contribution is -2.40. The van der Waals surface area contributed by atoms with Crippen LogP contribution in [0.2, 0.25) is 0 Å². The zero-order valence-corrected chi connectivity index (χ0v) is 14.5. The number of amides is 1. The van der Waals surface area contributed by atoms with Crippen LogP contribution in [-0.4, -0.2) is 40.0 Å². The van der Waals surface area contributed by atoms with Crippen molar-refractivity contribution in [2.24, 2.45) is 0 Å². The molecule has 1 aromatic carbocycles. The molecule has 126 valence electrons. The lowest BCUT2D eigenvalue weighted by Gasteiger charge is -2.23. The van der Waals surface area contributed by atoms with E-state index in [1.807, 2.05) is 26.0 Å². The molecule has 1 amide bonds. The van der Waals surface area contributed by atoms with Crippen LogP contribution in [0.3, 0.4) is 0 Å². The van der Waals surface area contributed by atoms with Crippen molar-refractivity contribution in [2.45, 2.75) is 45.6 Å². The molecule has 1 aliphatic rings. The summed E-state index contributed by atoms with van der Waals surface area (Å²) in [6.45, 7) is 5.50. The van der Waals surface area contributed by atoms with Gasteiger partial charge in [-0.3, -0.25) is 9.78 Å². The number of pyridine rings is 1.